The van der Waals surface area contributed by atoms with Gasteiger partial charge < -0.3 is 5.32 Å². The van der Waals surface area contributed by atoms with Crippen molar-refractivity contribution in [3.63, 3.8) is 0 Å². The zero-order valence-corrected chi connectivity index (χ0v) is 13.8. The zero-order chi connectivity index (χ0) is 14.1. The van der Waals surface area contributed by atoms with Gasteiger partial charge in [0.25, 0.3) is 0 Å². The van der Waals surface area contributed by atoms with Crippen LogP contribution in [0.3, 0.4) is 0 Å². The summed E-state index contributed by atoms with van der Waals surface area (Å²) in [5.74, 6) is 1.61. The number of nitrogens with zero attached hydrogens (tertiary/aromatic N) is 1. The largest absolute Gasteiger partial charge is 0.313 e. The Balaban J connectivity index is 4.15. The summed E-state index contributed by atoms with van der Waals surface area (Å²) in [6, 6.07) is 1.23. The fraction of sp³-hybridized carbons (Fsp3) is 1.00. The van der Waals surface area contributed by atoms with E-state index >= 15 is 0 Å². The quantitative estimate of drug-likeness (QED) is 0.640. The van der Waals surface area contributed by atoms with Crippen molar-refractivity contribution in [1.82, 2.24) is 10.2 Å². The molecule has 0 amide bonds. The van der Waals surface area contributed by atoms with Gasteiger partial charge in [-0.2, -0.15) is 0 Å². The third-order valence-corrected chi connectivity index (χ3v) is 3.43. The first-order valence-corrected chi connectivity index (χ1v) is 7.80. The molecule has 18 heavy (non-hydrogen) atoms. The third-order valence-electron chi connectivity index (χ3n) is 3.43. The number of rotatable bonds is 10. The second kappa shape index (κ2) is 9.80. The monoisotopic (exact) mass is 256 g/mol. The smallest absolute Gasteiger partial charge is 0.0192 e. The van der Waals surface area contributed by atoms with Gasteiger partial charge in [-0.15, -0.1) is 0 Å². The van der Waals surface area contributed by atoms with Crippen LogP contribution < -0.4 is 5.32 Å². The van der Waals surface area contributed by atoms with Gasteiger partial charge in [0.15, 0.2) is 0 Å². The van der Waals surface area contributed by atoms with E-state index in [0.29, 0.717) is 12.1 Å². The maximum Gasteiger partial charge on any atom is 0.0192 e. The van der Waals surface area contributed by atoms with Crippen LogP contribution in [0.5, 0.6) is 0 Å². The lowest BCUT2D eigenvalue weighted by Crippen LogP contribution is -2.43. The summed E-state index contributed by atoms with van der Waals surface area (Å²) in [6.45, 7) is 19.7. The number of nitrogens with one attached hydrogen (secondary N) is 1. The summed E-state index contributed by atoms with van der Waals surface area (Å²) in [6.07, 6.45) is 2.62. The van der Waals surface area contributed by atoms with Crippen molar-refractivity contribution in [2.45, 2.75) is 73.4 Å². The van der Waals surface area contributed by atoms with Crippen LogP contribution >= 0.6 is 0 Å². The molecular weight excluding hydrogens is 220 g/mol. The highest BCUT2D eigenvalue weighted by atomic mass is 15.2. The van der Waals surface area contributed by atoms with E-state index in [9.17, 15) is 0 Å². The van der Waals surface area contributed by atoms with Gasteiger partial charge in [-0.25, -0.2) is 0 Å². The highest BCUT2D eigenvalue weighted by Crippen LogP contribution is 2.09. The minimum Gasteiger partial charge on any atom is -0.313 e. The lowest BCUT2D eigenvalue weighted by Gasteiger charge is -2.31. The van der Waals surface area contributed by atoms with Crippen molar-refractivity contribution in [2.75, 3.05) is 19.6 Å². The van der Waals surface area contributed by atoms with E-state index < -0.39 is 0 Å². The van der Waals surface area contributed by atoms with Crippen LogP contribution in [0.25, 0.3) is 0 Å². The van der Waals surface area contributed by atoms with E-state index in [0.717, 1.165) is 18.4 Å². The van der Waals surface area contributed by atoms with Crippen molar-refractivity contribution in [3.8, 4) is 0 Å². The summed E-state index contributed by atoms with van der Waals surface area (Å²) < 4.78 is 0. The van der Waals surface area contributed by atoms with E-state index in [4.69, 9.17) is 0 Å². The predicted molar refractivity (Wildman–Crippen MR) is 83.1 cm³/mol. The number of hydrogen-bond acceptors (Lipinski definition) is 2. The molecule has 0 fully saturated rings. The van der Waals surface area contributed by atoms with Gasteiger partial charge in [0.05, 0.1) is 0 Å². The first kappa shape index (κ1) is 17.9. The Hall–Kier alpha value is -0.0800. The maximum absolute atomic E-state index is 3.56. The number of hydrogen-bond donors (Lipinski definition) is 1. The molecule has 2 heteroatoms. The lowest BCUT2D eigenvalue weighted by molar-refractivity contribution is 0.182. The highest BCUT2D eigenvalue weighted by molar-refractivity contribution is 4.72. The fourth-order valence-corrected chi connectivity index (χ4v) is 1.94. The van der Waals surface area contributed by atoms with Crippen molar-refractivity contribution in [3.05, 3.63) is 0 Å². The van der Waals surface area contributed by atoms with Gasteiger partial charge in [0, 0.05) is 18.6 Å². The van der Waals surface area contributed by atoms with Gasteiger partial charge >= 0.3 is 0 Å². The summed E-state index contributed by atoms with van der Waals surface area (Å²) >= 11 is 0. The predicted octanol–water partition coefficient (Wildman–Crippen LogP) is 3.77. The van der Waals surface area contributed by atoms with E-state index in [-0.39, 0.29) is 0 Å². The highest BCUT2D eigenvalue weighted by Gasteiger charge is 2.14. The molecule has 1 N–H and O–H groups in total. The average Bonchev–Trinajstić information content (AvgIpc) is 2.25. The van der Waals surface area contributed by atoms with Gasteiger partial charge in [0.1, 0.15) is 0 Å². The molecule has 0 radical (unpaired) electrons. The standard InChI is InChI=1S/C16H36N2/c1-13(2)8-10-18(11-9-14(3)4)16(7)12-17-15(5)6/h13-17H,8-12H2,1-7H3. The van der Waals surface area contributed by atoms with Gasteiger partial charge in [0.2, 0.25) is 0 Å². The molecule has 0 bridgehead atoms. The molecule has 110 valence electrons. The third kappa shape index (κ3) is 9.90. The van der Waals surface area contributed by atoms with Crippen molar-refractivity contribution in [1.29, 1.82) is 0 Å². The van der Waals surface area contributed by atoms with Crippen molar-refractivity contribution >= 4 is 0 Å². The normalized spacial score (nSPS) is 14.2. The van der Waals surface area contributed by atoms with Gasteiger partial charge in [-0.05, 0) is 44.7 Å². The molecule has 0 saturated carbocycles. The Morgan fingerprint density at radius 3 is 1.56 bits per heavy atom. The second-order valence-electron chi connectivity index (χ2n) is 6.81. The average molecular weight is 256 g/mol. The molecule has 0 spiro atoms. The SMILES string of the molecule is CC(C)CCN(CCC(C)C)C(C)CNC(C)C. The van der Waals surface area contributed by atoms with Crippen LogP contribution in [0.2, 0.25) is 0 Å². The Bertz CT molecular complexity index is 176. The molecule has 0 aromatic rings. The van der Waals surface area contributed by atoms with E-state index in [1.807, 2.05) is 0 Å². The second-order valence-corrected chi connectivity index (χ2v) is 6.81. The molecule has 0 heterocycles. The fourth-order valence-electron chi connectivity index (χ4n) is 1.94. The van der Waals surface area contributed by atoms with Crippen LogP contribution in [0, 0.1) is 11.8 Å². The summed E-state index contributed by atoms with van der Waals surface area (Å²) in [5.41, 5.74) is 0. The van der Waals surface area contributed by atoms with E-state index in [1.54, 1.807) is 0 Å². The Morgan fingerprint density at radius 1 is 0.778 bits per heavy atom. The molecular formula is C16H36N2. The summed E-state index contributed by atoms with van der Waals surface area (Å²) in [7, 11) is 0. The summed E-state index contributed by atoms with van der Waals surface area (Å²) in [5, 5.41) is 3.56. The first-order valence-electron chi connectivity index (χ1n) is 7.80. The van der Waals surface area contributed by atoms with Crippen LogP contribution in [-0.2, 0) is 0 Å². The van der Waals surface area contributed by atoms with Crippen LogP contribution in [0.1, 0.15) is 61.3 Å². The van der Waals surface area contributed by atoms with Crippen LogP contribution in [0.4, 0.5) is 0 Å². The molecule has 2 nitrogen and oxygen atoms in total. The Kier molecular flexibility index (Phi) is 9.76. The van der Waals surface area contributed by atoms with Crippen LogP contribution in [-0.4, -0.2) is 36.6 Å². The van der Waals surface area contributed by atoms with Gasteiger partial charge in [-0.3, -0.25) is 4.90 Å². The lowest BCUT2D eigenvalue weighted by atomic mass is 10.1. The van der Waals surface area contributed by atoms with E-state index in [2.05, 4.69) is 58.7 Å². The molecule has 0 aromatic carbocycles. The molecule has 0 aliphatic carbocycles. The van der Waals surface area contributed by atoms with Gasteiger partial charge in [-0.1, -0.05) is 41.5 Å². The van der Waals surface area contributed by atoms with Crippen molar-refractivity contribution in [2.24, 2.45) is 11.8 Å². The van der Waals surface area contributed by atoms with Crippen molar-refractivity contribution < 1.29 is 0 Å². The first-order chi connectivity index (χ1) is 8.32. The molecule has 0 rings (SSSR count). The Morgan fingerprint density at radius 2 is 1.22 bits per heavy atom. The molecule has 1 unspecified atom stereocenters. The molecule has 1 atom stereocenters. The molecule has 0 aromatic heterocycles. The maximum atomic E-state index is 3.56. The molecule has 0 saturated heterocycles. The van der Waals surface area contributed by atoms with E-state index in [1.165, 1.54) is 25.9 Å². The zero-order valence-electron chi connectivity index (χ0n) is 13.8. The summed E-state index contributed by atoms with van der Waals surface area (Å²) in [4.78, 5) is 2.66. The minimum absolute atomic E-state index is 0.587. The topological polar surface area (TPSA) is 15.3 Å². The van der Waals surface area contributed by atoms with Crippen LogP contribution in [0.15, 0.2) is 0 Å². The molecule has 0 aliphatic rings. The Labute approximate surface area is 116 Å². The molecule has 0 aliphatic heterocycles. The minimum atomic E-state index is 0.587.